The molecule has 0 aromatic carbocycles. The molecule has 0 aromatic rings. The Balaban J connectivity index is 2.04. The first-order valence-electron chi connectivity index (χ1n) is 5.33. The predicted molar refractivity (Wildman–Crippen MR) is 54.0 cm³/mol. The largest absolute Gasteiger partial charge is 0.444 e. The number of nitrogens with zero attached hydrogens (tertiary/aromatic N) is 2. The van der Waals surface area contributed by atoms with Crippen molar-refractivity contribution in [3.8, 4) is 6.07 Å². The molecular formula is C11H16N2O2. The molecule has 4 heteroatoms. The van der Waals surface area contributed by atoms with E-state index in [1.54, 1.807) is 4.90 Å². The smallest absolute Gasteiger partial charge is 0.411 e. The number of hydrogen-bond acceptors (Lipinski definition) is 3. The maximum Gasteiger partial charge on any atom is 0.411 e. The van der Waals surface area contributed by atoms with Gasteiger partial charge in [-0.1, -0.05) is 0 Å². The van der Waals surface area contributed by atoms with E-state index in [1.165, 1.54) is 0 Å². The fraction of sp³-hybridized carbons (Fsp3) is 0.818. The van der Waals surface area contributed by atoms with Crippen molar-refractivity contribution in [2.24, 2.45) is 5.92 Å². The van der Waals surface area contributed by atoms with E-state index in [-0.39, 0.29) is 18.2 Å². The van der Waals surface area contributed by atoms with Gasteiger partial charge in [-0.3, -0.25) is 4.90 Å². The summed E-state index contributed by atoms with van der Waals surface area (Å²) in [7, 11) is 0. The van der Waals surface area contributed by atoms with Crippen LogP contribution in [-0.4, -0.2) is 28.7 Å². The van der Waals surface area contributed by atoms with E-state index in [1.807, 2.05) is 20.8 Å². The quantitative estimate of drug-likeness (QED) is 0.611. The zero-order valence-electron chi connectivity index (χ0n) is 9.36. The Labute approximate surface area is 89.8 Å². The second-order valence-electron chi connectivity index (χ2n) is 5.33. The van der Waals surface area contributed by atoms with E-state index in [9.17, 15) is 4.79 Å². The number of carbonyl (C=O) groups excluding carboxylic acids is 1. The van der Waals surface area contributed by atoms with Gasteiger partial charge in [0.2, 0.25) is 0 Å². The number of fused-ring (bicyclic) bond motifs is 1. The third kappa shape index (κ3) is 1.92. The molecule has 2 rings (SSSR count). The second-order valence-corrected chi connectivity index (χ2v) is 5.33. The molecule has 1 amide bonds. The highest BCUT2D eigenvalue weighted by atomic mass is 16.6. The molecule has 1 heterocycles. The number of hydrogen-bond donors (Lipinski definition) is 0. The van der Waals surface area contributed by atoms with E-state index in [0.29, 0.717) is 5.92 Å². The Morgan fingerprint density at radius 3 is 2.67 bits per heavy atom. The van der Waals surface area contributed by atoms with Crippen molar-refractivity contribution >= 4 is 6.09 Å². The number of ether oxygens (including phenoxy) is 1. The number of likely N-dealkylation sites (tertiary alicyclic amines) is 1. The van der Waals surface area contributed by atoms with Crippen molar-refractivity contribution in [1.82, 2.24) is 4.90 Å². The third-order valence-electron chi connectivity index (χ3n) is 2.86. The van der Waals surface area contributed by atoms with Crippen LogP contribution in [0.1, 0.15) is 33.6 Å². The highest BCUT2D eigenvalue weighted by molar-refractivity contribution is 5.70. The molecule has 2 aliphatic rings. The lowest BCUT2D eigenvalue weighted by molar-refractivity contribution is 0.0223. The minimum absolute atomic E-state index is 0.268. The van der Waals surface area contributed by atoms with Crippen LogP contribution in [-0.2, 0) is 4.74 Å². The monoisotopic (exact) mass is 208 g/mol. The molecule has 15 heavy (non-hydrogen) atoms. The van der Waals surface area contributed by atoms with Gasteiger partial charge in [-0.15, -0.1) is 0 Å². The van der Waals surface area contributed by atoms with Gasteiger partial charge in [-0.25, -0.2) is 4.79 Å². The third-order valence-corrected chi connectivity index (χ3v) is 2.86. The fourth-order valence-electron chi connectivity index (χ4n) is 2.15. The molecule has 82 valence electrons. The van der Waals surface area contributed by atoms with Crippen LogP contribution in [0.4, 0.5) is 4.79 Å². The number of amides is 1. The zero-order chi connectivity index (χ0) is 11.2. The zero-order valence-corrected chi connectivity index (χ0v) is 9.36. The summed E-state index contributed by atoms with van der Waals surface area (Å²) < 4.78 is 5.29. The van der Waals surface area contributed by atoms with E-state index >= 15 is 0 Å². The molecular weight excluding hydrogens is 192 g/mol. The summed E-state index contributed by atoms with van der Waals surface area (Å²) in [5.41, 5.74) is -0.482. The molecule has 1 aliphatic heterocycles. The summed E-state index contributed by atoms with van der Waals surface area (Å²) in [5, 5.41) is 8.92. The molecule has 0 spiro atoms. The molecule has 3 atom stereocenters. The molecule has 0 N–H and O–H groups in total. The normalized spacial score (nSPS) is 33.2. The van der Waals surface area contributed by atoms with E-state index in [4.69, 9.17) is 10.00 Å². The van der Waals surface area contributed by atoms with Gasteiger partial charge >= 0.3 is 6.09 Å². The van der Waals surface area contributed by atoms with Crippen molar-refractivity contribution in [1.29, 1.82) is 5.26 Å². The van der Waals surface area contributed by atoms with Gasteiger partial charge in [0.15, 0.2) is 0 Å². The van der Waals surface area contributed by atoms with Crippen LogP contribution in [0.25, 0.3) is 0 Å². The number of rotatable bonds is 0. The highest BCUT2D eigenvalue weighted by Crippen LogP contribution is 2.48. The van der Waals surface area contributed by atoms with Gasteiger partial charge in [-0.2, -0.15) is 5.26 Å². The van der Waals surface area contributed by atoms with Gasteiger partial charge in [0.05, 0.1) is 6.07 Å². The molecule has 0 radical (unpaired) electrons. The molecule has 2 fully saturated rings. The average Bonchev–Trinajstić information content (AvgIpc) is 2.73. The van der Waals surface area contributed by atoms with Crippen molar-refractivity contribution in [3.05, 3.63) is 0 Å². The molecule has 0 bridgehead atoms. The van der Waals surface area contributed by atoms with E-state index < -0.39 is 5.60 Å². The van der Waals surface area contributed by atoms with Crippen molar-refractivity contribution in [2.45, 2.75) is 51.3 Å². The number of nitriles is 1. The van der Waals surface area contributed by atoms with Gasteiger partial charge in [-0.05, 0) is 39.5 Å². The Kier molecular flexibility index (Phi) is 2.14. The lowest BCUT2D eigenvalue weighted by Crippen LogP contribution is -2.41. The van der Waals surface area contributed by atoms with Crippen LogP contribution in [0.15, 0.2) is 0 Å². The van der Waals surface area contributed by atoms with Gasteiger partial charge in [0, 0.05) is 6.04 Å². The maximum atomic E-state index is 11.8. The van der Waals surface area contributed by atoms with Crippen LogP contribution >= 0.6 is 0 Å². The summed E-state index contributed by atoms with van der Waals surface area (Å²) in [5.74, 6) is 0.544. The first-order valence-corrected chi connectivity index (χ1v) is 5.33. The van der Waals surface area contributed by atoms with Gasteiger partial charge in [0.1, 0.15) is 11.6 Å². The number of piperidine rings is 1. The molecule has 1 saturated carbocycles. The summed E-state index contributed by atoms with van der Waals surface area (Å²) in [6.07, 6.45) is 1.52. The summed E-state index contributed by atoms with van der Waals surface area (Å²) in [6.45, 7) is 5.52. The van der Waals surface area contributed by atoms with Crippen molar-refractivity contribution in [3.63, 3.8) is 0 Å². The van der Waals surface area contributed by atoms with Gasteiger partial charge < -0.3 is 4.74 Å². The SMILES string of the molecule is CC(C)(C)OC(=O)N1C2C[C@H]2C[C@H]1C#N. The second kappa shape index (κ2) is 3.13. The topological polar surface area (TPSA) is 53.3 Å². The summed E-state index contributed by atoms with van der Waals surface area (Å²) in [4.78, 5) is 13.4. The van der Waals surface area contributed by atoms with Crippen molar-refractivity contribution < 1.29 is 9.53 Å². The Hall–Kier alpha value is -1.24. The summed E-state index contributed by atoms with van der Waals surface area (Å²) in [6, 6.07) is 2.16. The van der Waals surface area contributed by atoms with Crippen LogP contribution in [0.5, 0.6) is 0 Å². The lowest BCUT2D eigenvalue weighted by atomic mass is 10.2. The highest BCUT2D eigenvalue weighted by Gasteiger charge is 2.55. The number of carbonyl (C=O) groups is 1. The van der Waals surface area contributed by atoms with Gasteiger partial charge in [0.25, 0.3) is 0 Å². The average molecular weight is 208 g/mol. The van der Waals surface area contributed by atoms with Crippen molar-refractivity contribution in [2.75, 3.05) is 0 Å². The Morgan fingerprint density at radius 2 is 2.13 bits per heavy atom. The standard InChI is InChI=1S/C11H16N2O2/c1-11(2,3)15-10(14)13-8(6-12)4-7-5-9(7)13/h7-9H,4-5H2,1-3H3/t7-,8+,9?/m1/s1. The first kappa shape index (κ1) is 10.3. The fourth-order valence-corrected chi connectivity index (χ4v) is 2.15. The van der Waals surface area contributed by atoms with Crippen LogP contribution < -0.4 is 0 Å². The van der Waals surface area contributed by atoms with E-state index in [2.05, 4.69) is 6.07 Å². The van der Waals surface area contributed by atoms with Crippen LogP contribution in [0.3, 0.4) is 0 Å². The van der Waals surface area contributed by atoms with Crippen LogP contribution in [0.2, 0.25) is 0 Å². The minimum Gasteiger partial charge on any atom is -0.444 e. The predicted octanol–water partition coefficient (Wildman–Crippen LogP) is 1.91. The minimum atomic E-state index is -0.482. The Morgan fingerprint density at radius 1 is 1.47 bits per heavy atom. The first-order chi connectivity index (χ1) is 6.92. The van der Waals surface area contributed by atoms with E-state index in [0.717, 1.165) is 12.8 Å². The Bertz CT molecular complexity index is 326. The lowest BCUT2D eigenvalue weighted by Gasteiger charge is -2.27. The molecule has 4 nitrogen and oxygen atoms in total. The molecule has 0 aromatic heterocycles. The molecule has 1 unspecified atom stereocenters. The van der Waals surface area contributed by atoms with Crippen LogP contribution in [0, 0.1) is 17.2 Å². The molecule has 1 saturated heterocycles. The summed E-state index contributed by atoms with van der Waals surface area (Å²) >= 11 is 0. The maximum absolute atomic E-state index is 11.8. The molecule has 1 aliphatic carbocycles.